The number of rotatable bonds is 3. The van der Waals surface area contributed by atoms with Crippen molar-refractivity contribution in [3.63, 3.8) is 0 Å². The fourth-order valence-corrected chi connectivity index (χ4v) is 2.82. The molecule has 0 fully saturated rings. The summed E-state index contributed by atoms with van der Waals surface area (Å²) in [6.07, 6.45) is 3.00. The minimum atomic E-state index is -0.437. The van der Waals surface area contributed by atoms with E-state index >= 15 is 0 Å². The van der Waals surface area contributed by atoms with Crippen LogP contribution in [0.25, 0.3) is 5.69 Å². The highest BCUT2D eigenvalue weighted by atomic mass is 32.1. The molecule has 0 unspecified atom stereocenters. The van der Waals surface area contributed by atoms with Crippen LogP contribution < -0.4 is 10.9 Å². The molecule has 3 rings (SSSR count). The van der Waals surface area contributed by atoms with Gasteiger partial charge in [-0.3, -0.25) is 25.0 Å². The van der Waals surface area contributed by atoms with Gasteiger partial charge in [0.1, 0.15) is 5.69 Å². The van der Waals surface area contributed by atoms with E-state index in [1.807, 2.05) is 43.3 Å². The van der Waals surface area contributed by atoms with Gasteiger partial charge in [-0.05, 0) is 31.2 Å². The van der Waals surface area contributed by atoms with Crippen LogP contribution in [0.4, 0.5) is 0 Å². The molecule has 0 radical (unpaired) electrons. The number of imidazole rings is 1. The van der Waals surface area contributed by atoms with Gasteiger partial charge in [-0.2, -0.15) is 0 Å². The Hall–Kier alpha value is -2.93. The van der Waals surface area contributed by atoms with Gasteiger partial charge in [-0.1, -0.05) is 18.2 Å². The molecule has 0 aliphatic heterocycles. The van der Waals surface area contributed by atoms with Crippen molar-refractivity contribution in [2.75, 3.05) is 0 Å². The van der Waals surface area contributed by atoms with Crippen molar-refractivity contribution in [3.8, 4) is 5.69 Å². The number of carbonyl (C=O) groups is 2. The quantitative estimate of drug-likeness (QED) is 0.725. The minimum absolute atomic E-state index is 0.332. The second-order valence-electron chi connectivity index (χ2n) is 4.80. The molecular formula is C16H14N4O2S. The predicted molar refractivity (Wildman–Crippen MR) is 87.6 cm³/mol. The molecular weight excluding hydrogens is 312 g/mol. The van der Waals surface area contributed by atoms with E-state index in [0.29, 0.717) is 10.6 Å². The molecule has 3 aromatic rings. The number of aromatic nitrogens is 2. The summed E-state index contributed by atoms with van der Waals surface area (Å²) in [5.74, 6) is -0.782. The molecule has 2 heterocycles. The fraction of sp³-hybridized carbons (Fsp3) is 0.0625. The number of hydrogen-bond acceptors (Lipinski definition) is 4. The number of benzene rings is 1. The molecule has 6 nitrogen and oxygen atoms in total. The van der Waals surface area contributed by atoms with Crippen molar-refractivity contribution < 1.29 is 9.59 Å². The topological polar surface area (TPSA) is 76.0 Å². The Morgan fingerprint density at radius 1 is 1.04 bits per heavy atom. The highest BCUT2D eigenvalue weighted by Gasteiger charge is 2.14. The predicted octanol–water partition coefficient (Wildman–Crippen LogP) is 2.32. The summed E-state index contributed by atoms with van der Waals surface area (Å²) in [7, 11) is 0. The normalized spacial score (nSPS) is 10.3. The molecule has 23 heavy (non-hydrogen) atoms. The van der Waals surface area contributed by atoms with E-state index in [1.165, 1.54) is 17.5 Å². The van der Waals surface area contributed by atoms with Crippen LogP contribution in [0.3, 0.4) is 0 Å². The minimum Gasteiger partial charge on any atom is -0.295 e. The number of thiophene rings is 1. The van der Waals surface area contributed by atoms with Crippen LogP contribution in [0.2, 0.25) is 0 Å². The lowest BCUT2D eigenvalue weighted by molar-refractivity contribution is 0.0845. The molecule has 116 valence electrons. The van der Waals surface area contributed by atoms with E-state index < -0.39 is 5.91 Å². The van der Waals surface area contributed by atoms with Crippen molar-refractivity contribution in [2.45, 2.75) is 6.92 Å². The zero-order valence-electron chi connectivity index (χ0n) is 12.3. The third-order valence-corrected chi connectivity index (χ3v) is 4.16. The van der Waals surface area contributed by atoms with Crippen LogP contribution in [-0.2, 0) is 0 Å². The maximum absolute atomic E-state index is 12.3. The number of hydrazine groups is 1. The van der Waals surface area contributed by atoms with Gasteiger partial charge >= 0.3 is 0 Å². The van der Waals surface area contributed by atoms with E-state index in [-0.39, 0.29) is 5.91 Å². The number of aryl methyl sites for hydroxylation is 1. The Morgan fingerprint density at radius 2 is 1.78 bits per heavy atom. The highest BCUT2D eigenvalue weighted by Crippen LogP contribution is 2.14. The second-order valence-corrected chi connectivity index (χ2v) is 6.09. The van der Waals surface area contributed by atoms with E-state index in [2.05, 4.69) is 15.8 Å². The van der Waals surface area contributed by atoms with Crippen LogP contribution in [-0.4, -0.2) is 21.4 Å². The molecule has 0 saturated carbocycles. The van der Waals surface area contributed by atoms with E-state index in [0.717, 1.165) is 10.6 Å². The summed E-state index contributed by atoms with van der Waals surface area (Å²) in [6, 6.07) is 12.9. The molecule has 1 aromatic carbocycles. The maximum atomic E-state index is 12.3. The second kappa shape index (κ2) is 6.45. The Labute approximate surface area is 136 Å². The molecule has 7 heteroatoms. The Bertz CT molecular complexity index is 839. The summed E-state index contributed by atoms with van der Waals surface area (Å²) in [6.45, 7) is 1.92. The summed E-state index contributed by atoms with van der Waals surface area (Å²) >= 11 is 1.36. The fourth-order valence-electron chi connectivity index (χ4n) is 2.05. The lowest BCUT2D eigenvalue weighted by Crippen LogP contribution is -2.42. The molecule has 0 aliphatic carbocycles. The molecule has 0 bridgehead atoms. The number of carbonyl (C=O) groups excluding carboxylic acids is 2. The van der Waals surface area contributed by atoms with Crippen molar-refractivity contribution in [1.82, 2.24) is 20.4 Å². The van der Waals surface area contributed by atoms with Gasteiger partial charge in [0.25, 0.3) is 11.8 Å². The van der Waals surface area contributed by atoms with Gasteiger partial charge < -0.3 is 0 Å². The molecule has 0 spiro atoms. The smallest absolute Gasteiger partial charge is 0.288 e. The zero-order chi connectivity index (χ0) is 16.2. The highest BCUT2D eigenvalue weighted by molar-refractivity contribution is 7.13. The monoisotopic (exact) mass is 326 g/mol. The van der Waals surface area contributed by atoms with Crippen LogP contribution in [0.1, 0.15) is 25.0 Å². The largest absolute Gasteiger partial charge is 0.295 e. The van der Waals surface area contributed by atoms with Crippen LogP contribution >= 0.6 is 11.3 Å². The number of nitrogens with one attached hydrogen (secondary N) is 2. The van der Waals surface area contributed by atoms with Crippen LogP contribution in [0.5, 0.6) is 0 Å². The summed E-state index contributed by atoms with van der Waals surface area (Å²) in [4.78, 5) is 29.8. The molecule has 2 N–H and O–H groups in total. The third-order valence-electron chi connectivity index (χ3n) is 3.16. The third kappa shape index (κ3) is 3.29. The Balaban J connectivity index is 1.70. The zero-order valence-corrected chi connectivity index (χ0v) is 13.1. The van der Waals surface area contributed by atoms with Gasteiger partial charge in [0.2, 0.25) is 0 Å². The van der Waals surface area contributed by atoms with Crippen molar-refractivity contribution >= 4 is 23.2 Å². The van der Waals surface area contributed by atoms with Crippen molar-refractivity contribution in [3.05, 3.63) is 70.4 Å². The first-order valence-electron chi connectivity index (χ1n) is 6.90. The molecule has 2 aromatic heterocycles. The Kier molecular flexibility index (Phi) is 4.20. The maximum Gasteiger partial charge on any atom is 0.288 e. The van der Waals surface area contributed by atoms with Gasteiger partial charge in [0, 0.05) is 10.6 Å². The number of hydrogen-bond donors (Lipinski definition) is 2. The first-order chi connectivity index (χ1) is 11.1. The summed E-state index contributed by atoms with van der Waals surface area (Å²) in [5.41, 5.74) is 5.97. The van der Waals surface area contributed by atoms with E-state index in [9.17, 15) is 9.59 Å². The van der Waals surface area contributed by atoms with Crippen LogP contribution in [0, 0.1) is 6.92 Å². The van der Waals surface area contributed by atoms with Gasteiger partial charge in [-0.25, -0.2) is 4.98 Å². The first-order valence-corrected chi connectivity index (χ1v) is 7.71. The summed E-state index contributed by atoms with van der Waals surface area (Å²) < 4.78 is 1.65. The van der Waals surface area contributed by atoms with E-state index in [1.54, 1.807) is 17.0 Å². The number of para-hydroxylation sites is 1. The molecule has 0 atom stereocenters. The lowest BCUT2D eigenvalue weighted by Gasteiger charge is -2.09. The first kappa shape index (κ1) is 15.0. The van der Waals surface area contributed by atoms with Gasteiger partial charge in [0.05, 0.1) is 17.4 Å². The number of amides is 2. The van der Waals surface area contributed by atoms with E-state index in [4.69, 9.17) is 0 Å². The van der Waals surface area contributed by atoms with Crippen LogP contribution in [0.15, 0.2) is 55.0 Å². The van der Waals surface area contributed by atoms with Crippen molar-refractivity contribution in [1.29, 1.82) is 0 Å². The van der Waals surface area contributed by atoms with Gasteiger partial charge in [0.15, 0.2) is 0 Å². The SMILES string of the molecule is Cc1ccc(C(=O)NNC(=O)c2cncn2-c2ccccc2)s1. The standard InChI is InChI=1S/C16H14N4O2S/c1-11-7-8-14(23-11)16(22)19-18-15(21)13-9-17-10-20(13)12-5-3-2-4-6-12/h2-10H,1H3,(H,18,21)(H,19,22). The Morgan fingerprint density at radius 3 is 2.48 bits per heavy atom. The number of nitrogens with zero attached hydrogens (tertiary/aromatic N) is 2. The molecule has 2 amide bonds. The molecule has 0 saturated heterocycles. The average molecular weight is 326 g/mol. The van der Waals surface area contributed by atoms with Gasteiger partial charge in [-0.15, -0.1) is 11.3 Å². The summed E-state index contributed by atoms with van der Waals surface area (Å²) in [5, 5.41) is 0. The lowest BCUT2D eigenvalue weighted by atomic mass is 10.3. The molecule has 0 aliphatic rings. The van der Waals surface area contributed by atoms with Crippen molar-refractivity contribution in [2.24, 2.45) is 0 Å². The average Bonchev–Trinajstić information content (AvgIpc) is 3.22.